The molecule has 0 saturated carbocycles. The average Bonchev–Trinajstić information content (AvgIpc) is 3.24. The van der Waals surface area contributed by atoms with Crippen molar-refractivity contribution in [2.75, 3.05) is 24.2 Å². The predicted octanol–water partition coefficient (Wildman–Crippen LogP) is 3.16. The van der Waals surface area contributed by atoms with Gasteiger partial charge in [-0.3, -0.25) is 14.9 Å². The second-order valence-corrected chi connectivity index (χ2v) is 9.54. The van der Waals surface area contributed by atoms with E-state index in [4.69, 9.17) is 11.6 Å². The Bertz CT molecular complexity index is 1020. The van der Waals surface area contributed by atoms with E-state index in [1.807, 2.05) is 0 Å². The number of hydrogen-bond donors (Lipinski definition) is 1. The predicted molar refractivity (Wildman–Crippen MR) is 110 cm³/mol. The quantitative estimate of drug-likeness (QED) is 0.385. The van der Waals surface area contributed by atoms with E-state index >= 15 is 0 Å². The van der Waals surface area contributed by atoms with Gasteiger partial charge in [0.15, 0.2) is 0 Å². The minimum absolute atomic E-state index is 0.0236. The molecule has 1 aromatic heterocycles. The average molecular weight is 457 g/mol. The standard InChI is InChI=1S/C17H17ClN4O5S2/c18-14-5-3-12(22(24)25)9-15(14)20-16(23)11-28-17-6-4-13(10-19-17)29(26,27)21-7-1-2-8-21/h3-6,9-10H,1-2,7-8,11H2,(H,20,23). The number of anilines is 1. The molecule has 0 spiro atoms. The summed E-state index contributed by atoms with van der Waals surface area (Å²) in [6.07, 6.45) is 2.99. The van der Waals surface area contributed by atoms with E-state index in [1.165, 1.54) is 34.8 Å². The molecule has 12 heteroatoms. The van der Waals surface area contributed by atoms with Crippen molar-refractivity contribution in [1.82, 2.24) is 9.29 Å². The van der Waals surface area contributed by atoms with Gasteiger partial charge in [-0.05, 0) is 31.0 Å². The molecule has 0 atom stereocenters. The molecule has 29 heavy (non-hydrogen) atoms. The summed E-state index contributed by atoms with van der Waals surface area (Å²) >= 11 is 7.07. The third-order valence-electron chi connectivity index (χ3n) is 4.20. The topological polar surface area (TPSA) is 123 Å². The summed E-state index contributed by atoms with van der Waals surface area (Å²) in [7, 11) is -3.53. The van der Waals surface area contributed by atoms with Crippen molar-refractivity contribution in [2.45, 2.75) is 22.8 Å². The zero-order valence-electron chi connectivity index (χ0n) is 15.1. The van der Waals surface area contributed by atoms with Crippen LogP contribution in [0.2, 0.25) is 5.02 Å². The Kier molecular flexibility index (Phi) is 6.73. The van der Waals surface area contributed by atoms with E-state index in [-0.39, 0.29) is 27.0 Å². The summed E-state index contributed by atoms with van der Waals surface area (Å²) in [6, 6.07) is 6.78. The molecule has 0 aliphatic carbocycles. The first kappa shape index (κ1) is 21.5. The third kappa shape index (κ3) is 5.24. The maximum Gasteiger partial charge on any atom is 0.271 e. The summed E-state index contributed by atoms with van der Waals surface area (Å²) in [5.41, 5.74) is -0.0414. The van der Waals surface area contributed by atoms with Crippen molar-refractivity contribution in [3.05, 3.63) is 51.7 Å². The Labute approximate surface area is 176 Å². The number of hydrogen-bond acceptors (Lipinski definition) is 7. The van der Waals surface area contributed by atoms with Crippen LogP contribution in [0.3, 0.4) is 0 Å². The molecule has 1 aromatic carbocycles. The fraction of sp³-hybridized carbons (Fsp3) is 0.294. The number of benzene rings is 1. The van der Waals surface area contributed by atoms with Gasteiger partial charge in [0.05, 0.1) is 26.4 Å². The Morgan fingerprint density at radius 3 is 2.62 bits per heavy atom. The molecule has 1 aliphatic rings. The highest BCUT2D eigenvalue weighted by Crippen LogP contribution is 2.27. The van der Waals surface area contributed by atoms with E-state index in [1.54, 1.807) is 6.07 Å². The first-order valence-electron chi connectivity index (χ1n) is 8.60. The normalized spacial score (nSPS) is 14.7. The molecule has 3 rings (SSSR count). The SMILES string of the molecule is O=C(CSc1ccc(S(=O)(=O)N2CCCC2)cn1)Nc1cc([N+](=O)[O-])ccc1Cl. The van der Waals surface area contributed by atoms with Gasteiger partial charge in [0.2, 0.25) is 15.9 Å². The summed E-state index contributed by atoms with van der Waals surface area (Å²) in [4.78, 5) is 26.6. The number of amides is 1. The lowest BCUT2D eigenvalue weighted by atomic mass is 10.3. The van der Waals surface area contributed by atoms with E-state index in [0.717, 1.165) is 24.6 Å². The maximum absolute atomic E-state index is 12.5. The van der Waals surface area contributed by atoms with Crippen molar-refractivity contribution >= 4 is 50.7 Å². The monoisotopic (exact) mass is 456 g/mol. The van der Waals surface area contributed by atoms with Crippen LogP contribution in [0.15, 0.2) is 46.5 Å². The van der Waals surface area contributed by atoms with Gasteiger partial charge in [-0.25, -0.2) is 13.4 Å². The van der Waals surface area contributed by atoms with Crippen LogP contribution in [0.1, 0.15) is 12.8 Å². The molecule has 1 N–H and O–H groups in total. The van der Waals surface area contributed by atoms with E-state index in [2.05, 4.69) is 10.3 Å². The van der Waals surface area contributed by atoms with E-state index in [0.29, 0.717) is 18.1 Å². The number of nitro groups is 1. The van der Waals surface area contributed by atoms with Gasteiger partial charge < -0.3 is 5.32 Å². The number of nitro benzene ring substituents is 1. The number of thioether (sulfide) groups is 1. The largest absolute Gasteiger partial charge is 0.324 e. The highest BCUT2D eigenvalue weighted by molar-refractivity contribution is 7.99. The number of rotatable bonds is 7. The molecule has 0 radical (unpaired) electrons. The van der Waals surface area contributed by atoms with Crippen LogP contribution in [0.25, 0.3) is 0 Å². The number of nitrogens with one attached hydrogen (secondary N) is 1. The first-order chi connectivity index (χ1) is 13.8. The Morgan fingerprint density at radius 2 is 2.00 bits per heavy atom. The number of carbonyl (C=O) groups excluding carboxylic acids is 1. The Hall–Kier alpha value is -2.21. The number of sulfonamides is 1. The van der Waals surface area contributed by atoms with Gasteiger partial charge in [0, 0.05) is 31.4 Å². The number of halogens is 1. The van der Waals surface area contributed by atoms with Crippen LogP contribution in [0.5, 0.6) is 0 Å². The molecule has 1 amide bonds. The van der Waals surface area contributed by atoms with Gasteiger partial charge >= 0.3 is 0 Å². The van der Waals surface area contributed by atoms with Crippen LogP contribution < -0.4 is 5.32 Å². The number of non-ortho nitro benzene ring substituents is 1. The molecule has 9 nitrogen and oxygen atoms in total. The van der Waals surface area contributed by atoms with E-state index in [9.17, 15) is 23.3 Å². The summed E-state index contributed by atoms with van der Waals surface area (Å²) < 4.78 is 26.4. The zero-order valence-corrected chi connectivity index (χ0v) is 17.5. The van der Waals surface area contributed by atoms with E-state index < -0.39 is 20.9 Å². The van der Waals surface area contributed by atoms with Crippen LogP contribution >= 0.6 is 23.4 Å². The molecule has 1 saturated heterocycles. The van der Waals surface area contributed by atoms with Crippen LogP contribution in [-0.2, 0) is 14.8 Å². The minimum Gasteiger partial charge on any atom is -0.324 e. The van der Waals surface area contributed by atoms with Crippen LogP contribution in [0.4, 0.5) is 11.4 Å². The second-order valence-electron chi connectivity index (χ2n) is 6.20. The van der Waals surface area contributed by atoms with Gasteiger partial charge in [-0.1, -0.05) is 23.4 Å². The fourth-order valence-corrected chi connectivity index (χ4v) is 5.00. The third-order valence-corrected chi connectivity index (χ3v) is 7.35. The Morgan fingerprint density at radius 1 is 1.28 bits per heavy atom. The smallest absolute Gasteiger partial charge is 0.271 e. The molecule has 0 unspecified atom stereocenters. The highest BCUT2D eigenvalue weighted by atomic mass is 35.5. The van der Waals surface area contributed by atoms with Gasteiger partial charge in [0.1, 0.15) is 4.90 Å². The van der Waals surface area contributed by atoms with Crippen molar-refractivity contribution in [1.29, 1.82) is 0 Å². The molecule has 154 valence electrons. The van der Waals surface area contributed by atoms with Crippen molar-refractivity contribution in [3.63, 3.8) is 0 Å². The molecular formula is C17H17ClN4O5S2. The number of aromatic nitrogens is 1. The minimum atomic E-state index is -3.53. The number of nitrogens with zero attached hydrogens (tertiary/aromatic N) is 3. The number of pyridine rings is 1. The van der Waals surface area contributed by atoms with Gasteiger partial charge in [0.25, 0.3) is 5.69 Å². The van der Waals surface area contributed by atoms with Crippen molar-refractivity contribution < 1.29 is 18.1 Å². The fourth-order valence-electron chi connectivity index (χ4n) is 2.73. The second kappa shape index (κ2) is 9.08. The summed E-state index contributed by atoms with van der Waals surface area (Å²) in [6.45, 7) is 1.03. The highest BCUT2D eigenvalue weighted by Gasteiger charge is 2.27. The maximum atomic E-state index is 12.5. The molecule has 0 bridgehead atoms. The first-order valence-corrected chi connectivity index (χ1v) is 11.4. The van der Waals surface area contributed by atoms with Gasteiger partial charge in [-0.15, -0.1) is 0 Å². The molecule has 2 aromatic rings. The van der Waals surface area contributed by atoms with Crippen LogP contribution in [0, 0.1) is 10.1 Å². The van der Waals surface area contributed by atoms with Gasteiger partial charge in [-0.2, -0.15) is 4.31 Å². The number of carbonyl (C=O) groups is 1. The lowest BCUT2D eigenvalue weighted by Gasteiger charge is -2.15. The lowest BCUT2D eigenvalue weighted by molar-refractivity contribution is -0.384. The Balaban J connectivity index is 1.59. The zero-order chi connectivity index (χ0) is 21.0. The van der Waals surface area contributed by atoms with Crippen LogP contribution in [-0.4, -0.2) is 47.4 Å². The van der Waals surface area contributed by atoms with Crippen molar-refractivity contribution in [3.8, 4) is 0 Å². The van der Waals surface area contributed by atoms with Crippen molar-refractivity contribution in [2.24, 2.45) is 0 Å². The lowest BCUT2D eigenvalue weighted by Crippen LogP contribution is -2.27. The summed E-state index contributed by atoms with van der Waals surface area (Å²) in [5, 5.41) is 14.0. The summed E-state index contributed by atoms with van der Waals surface area (Å²) in [5.74, 6) is -0.447. The molecule has 1 fully saturated rings. The molecule has 2 heterocycles. The molecule has 1 aliphatic heterocycles. The molecular weight excluding hydrogens is 440 g/mol.